The fraction of sp³-hybridized carbons (Fsp3) is 0.583. The van der Waals surface area contributed by atoms with Crippen LogP contribution in [0.2, 0.25) is 0 Å². The summed E-state index contributed by atoms with van der Waals surface area (Å²) in [6, 6.07) is 3.97. The maximum absolute atomic E-state index is 11.2. The van der Waals surface area contributed by atoms with E-state index < -0.39 is 0 Å². The summed E-state index contributed by atoms with van der Waals surface area (Å²) in [5, 5.41) is 8.21. The smallest absolute Gasteiger partial charge is 0.151 e. The molecule has 2 heterocycles. The maximum atomic E-state index is 11.2. The minimum atomic E-state index is 0.245. The van der Waals surface area contributed by atoms with Crippen molar-refractivity contribution < 1.29 is 4.79 Å². The minimum Gasteiger partial charge on any atom is -0.355 e. The van der Waals surface area contributed by atoms with Crippen molar-refractivity contribution in [1.29, 1.82) is 0 Å². The van der Waals surface area contributed by atoms with Gasteiger partial charge in [0, 0.05) is 19.0 Å². The average molecular weight is 219 g/mol. The number of aromatic nitrogens is 2. The van der Waals surface area contributed by atoms with Gasteiger partial charge < -0.3 is 4.90 Å². The standard InChI is InChI=1S/C12H17N3O/c1-9-3-4-12(14-13-9)15-7-5-11(6-8-15)10(2)16/h3-4,11H,5-8H2,1-2H3. The Hall–Kier alpha value is -1.45. The first kappa shape index (κ1) is 11.0. The lowest BCUT2D eigenvalue weighted by molar-refractivity contribution is -0.121. The maximum Gasteiger partial charge on any atom is 0.151 e. The van der Waals surface area contributed by atoms with Gasteiger partial charge in [-0.05, 0) is 38.8 Å². The molecule has 1 aliphatic heterocycles. The second kappa shape index (κ2) is 4.60. The summed E-state index contributed by atoms with van der Waals surface area (Å²) in [5.41, 5.74) is 0.933. The highest BCUT2D eigenvalue weighted by atomic mass is 16.1. The summed E-state index contributed by atoms with van der Waals surface area (Å²) in [6.45, 7) is 5.43. The molecule has 1 saturated heterocycles. The van der Waals surface area contributed by atoms with Crippen LogP contribution in [0.4, 0.5) is 5.82 Å². The molecular formula is C12H17N3O. The first-order valence-electron chi connectivity index (χ1n) is 5.72. The van der Waals surface area contributed by atoms with E-state index in [1.165, 1.54) is 0 Å². The number of hydrogen-bond donors (Lipinski definition) is 0. The molecule has 16 heavy (non-hydrogen) atoms. The predicted octanol–water partition coefficient (Wildman–Crippen LogP) is 1.59. The third-order valence-corrected chi connectivity index (χ3v) is 3.18. The third-order valence-electron chi connectivity index (χ3n) is 3.18. The Balaban J connectivity index is 1.99. The van der Waals surface area contributed by atoms with E-state index in [0.29, 0.717) is 5.78 Å². The van der Waals surface area contributed by atoms with E-state index in [1.54, 1.807) is 6.92 Å². The van der Waals surface area contributed by atoms with Crippen molar-refractivity contribution >= 4 is 11.6 Å². The van der Waals surface area contributed by atoms with Crippen LogP contribution in [-0.2, 0) is 4.79 Å². The monoisotopic (exact) mass is 219 g/mol. The van der Waals surface area contributed by atoms with Gasteiger partial charge in [0.2, 0.25) is 0 Å². The number of anilines is 1. The molecule has 0 bridgehead atoms. The fourth-order valence-corrected chi connectivity index (χ4v) is 2.08. The molecule has 4 nitrogen and oxygen atoms in total. The van der Waals surface area contributed by atoms with Gasteiger partial charge in [-0.1, -0.05) is 0 Å². The SMILES string of the molecule is CC(=O)C1CCN(c2ccc(C)nn2)CC1. The van der Waals surface area contributed by atoms with E-state index in [1.807, 2.05) is 19.1 Å². The Kier molecular flexibility index (Phi) is 3.17. The molecule has 0 unspecified atom stereocenters. The first-order chi connectivity index (χ1) is 7.66. The molecule has 0 aromatic carbocycles. The number of Topliss-reactive ketones (excluding diaryl/α,β-unsaturated/α-hetero) is 1. The van der Waals surface area contributed by atoms with Gasteiger partial charge in [-0.15, -0.1) is 5.10 Å². The van der Waals surface area contributed by atoms with E-state index in [0.717, 1.165) is 37.4 Å². The fourth-order valence-electron chi connectivity index (χ4n) is 2.08. The molecule has 2 rings (SSSR count). The van der Waals surface area contributed by atoms with E-state index in [4.69, 9.17) is 0 Å². The molecule has 0 atom stereocenters. The molecule has 1 aromatic heterocycles. The molecular weight excluding hydrogens is 202 g/mol. The van der Waals surface area contributed by atoms with Crippen LogP contribution >= 0.6 is 0 Å². The third kappa shape index (κ3) is 2.38. The van der Waals surface area contributed by atoms with Gasteiger partial charge in [-0.2, -0.15) is 5.10 Å². The highest BCUT2D eigenvalue weighted by molar-refractivity contribution is 5.78. The molecule has 1 aliphatic rings. The van der Waals surface area contributed by atoms with Crippen molar-refractivity contribution in [2.45, 2.75) is 26.7 Å². The van der Waals surface area contributed by atoms with Crippen molar-refractivity contribution in [2.75, 3.05) is 18.0 Å². The van der Waals surface area contributed by atoms with Crippen molar-refractivity contribution in [3.63, 3.8) is 0 Å². The zero-order valence-electron chi connectivity index (χ0n) is 9.81. The van der Waals surface area contributed by atoms with Crippen LogP contribution in [0.15, 0.2) is 12.1 Å². The molecule has 4 heteroatoms. The molecule has 86 valence electrons. The molecule has 1 aromatic rings. The zero-order valence-corrected chi connectivity index (χ0v) is 9.81. The van der Waals surface area contributed by atoms with Gasteiger partial charge in [0.1, 0.15) is 5.78 Å². The highest BCUT2D eigenvalue weighted by Crippen LogP contribution is 2.21. The van der Waals surface area contributed by atoms with Crippen molar-refractivity contribution in [3.8, 4) is 0 Å². The number of carbonyl (C=O) groups excluding carboxylic acids is 1. The van der Waals surface area contributed by atoms with Crippen molar-refractivity contribution in [2.24, 2.45) is 5.92 Å². The number of nitrogens with zero attached hydrogens (tertiary/aromatic N) is 3. The molecule has 0 N–H and O–H groups in total. The van der Waals surface area contributed by atoms with Crippen LogP contribution in [0.3, 0.4) is 0 Å². The molecule has 0 saturated carbocycles. The Labute approximate surface area is 95.7 Å². The largest absolute Gasteiger partial charge is 0.355 e. The molecule has 1 fully saturated rings. The number of hydrogen-bond acceptors (Lipinski definition) is 4. The zero-order chi connectivity index (χ0) is 11.5. The van der Waals surface area contributed by atoms with Crippen LogP contribution in [0.25, 0.3) is 0 Å². The Morgan fingerprint density at radius 3 is 2.50 bits per heavy atom. The van der Waals surface area contributed by atoms with E-state index >= 15 is 0 Å². The van der Waals surface area contributed by atoms with E-state index in [-0.39, 0.29) is 5.92 Å². The van der Waals surface area contributed by atoms with Gasteiger partial charge in [0.15, 0.2) is 5.82 Å². The van der Waals surface area contributed by atoms with Crippen molar-refractivity contribution in [3.05, 3.63) is 17.8 Å². The average Bonchev–Trinajstić information content (AvgIpc) is 2.30. The summed E-state index contributed by atoms with van der Waals surface area (Å²) >= 11 is 0. The lowest BCUT2D eigenvalue weighted by Crippen LogP contribution is -2.36. The van der Waals surface area contributed by atoms with E-state index in [9.17, 15) is 4.79 Å². The van der Waals surface area contributed by atoms with Gasteiger partial charge in [0.05, 0.1) is 5.69 Å². The first-order valence-corrected chi connectivity index (χ1v) is 5.72. The number of carbonyl (C=O) groups is 1. The molecule has 0 aliphatic carbocycles. The second-order valence-corrected chi connectivity index (χ2v) is 4.40. The Morgan fingerprint density at radius 1 is 1.31 bits per heavy atom. The summed E-state index contributed by atoms with van der Waals surface area (Å²) in [6.07, 6.45) is 1.87. The van der Waals surface area contributed by atoms with Crippen LogP contribution in [0.1, 0.15) is 25.5 Å². The number of aryl methyl sites for hydroxylation is 1. The summed E-state index contributed by atoms with van der Waals surface area (Å²) in [5.74, 6) is 1.48. The Bertz CT molecular complexity index is 366. The van der Waals surface area contributed by atoms with E-state index in [2.05, 4.69) is 15.1 Å². The lowest BCUT2D eigenvalue weighted by Gasteiger charge is -2.31. The summed E-state index contributed by atoms with van der Waals surface area (Å²) < 4.78 is 0. The second-order valence-electron chi connectivity index (χ2n) is 4.40. The van der Waals surface area contributed by atoms with Crippen LogP contribution in [0, 0.1) is 12.8 Å². The van der Waals surface area contributed by atoms with Gasteiger partial charge in [-0.3, -0.25) is 4.79 Å². The number of ketones is 1. The van der Waals surface area contributed by atoms with Crippen LogP contribution in [-0.4, -0.2) is 29.1 Å². The quantitative estimate of drug-likeness (QED) is 0.757. The Morgan fingerprint density at radius 2 is 2.00 bits per heavy atom. The van der Waals surface area contributed by atoms with Crippen molar-refractivity contribution in [1.82, 2.24) is 10.2 Å². The molecule has 0 radical (unpaired) electrons. The highest BCUT2D eigenvalue weighted by Gasteiger charge is 2.22. The van der Waals surface area contributed by atoms with Crippen LogP contribution in [0.5, 0.6) is 0 Å². The van der Waals surface area contributed by atoms with Crippen LogP contribution < -0.4 is 4.90 Å². The van der Waals surface area contributed by atoms with Gasteiger partial charge in [0.25, 0.3) is 0 Å². The number of rotatable bonds is 2. The minimum absolute atomic E-state index is 0.245. The predicted molar refractivity (Wildman–Crippen MR) is 62.4 cm³/mol. The summed E-state index contributed by atoms with van der Waals surface area (Å²) in [7, 11) is 0. The van der Waals surface area contributed by atoms with Gasteiger partial charge >= 0.3 is 0 Å². The number of piperidine rings is 1. The molecule has 0 spiro atoms. The normalized spacial score (nSPS) is 17.5. The summed E-state index contributed by atoms with van der Waals surface area (Å²) in [4.78, 5) is 13.4. The topological polar surface area (TPSA) is 46.1 Å². The van der Waals surface area contributed by atoms with Gasteiger partial charge in [-0.25, -0.2) is 0 Å². The lowest BCUT2D eigenvalue weighted by atomic mass is 9.93. The molecule has 0 amide bonds.